The third kappa shape index (κ3) is 7.68. The molecule has 0 unspecified atom stereocenters. The summed E-state index contributed by atoms with van der Waals surface area (Å²) in [6, 6.07) is 8.43. The molecule has 1 aromatic rings. The molecular formula is C17H27NO. The van der Waals surface area contributed by atoms with Crippen LogP contribution < -0.4 is 10.1 Å². The van der Waals surface area contributed by atoms with E-state index in [1.807, 2.05) is 13.0 Å². The normalized spacial score (nSPS) is 13.4. The molecule has 1 fully saturated rings. The monoisotopic (exact) mass is 261 g/mol. The molecule has 1 aromatic carbocycles. The minimum absolute atomic E-state index is 0.489. The molecular weight excluding hydrogens is 234 g/mol. The smallest absolute Gasteiger partial charge is 0.120 e. The van der Waals surface area contributed by atoms with Gasteiger partial charge < -0.3 is 10.1 Å². The van der Waals surface area contributed by atoms with Gasteiger partial charge >= 0.3 is 0 Å². The maximum absolute atomic E-state index is 5.77. The number of benzene rings is 1. The highest BCUT2D eigenvalue weighted by Crippen LogP contribution is 2.26. The van der Waals surface area contributed by atoms with Crippen LogP contribution in [0.25, 0.3) is 0 Å². The van der Waals surface area contributed by atoms with E-state index >= 15 is 0 Å². The summed E-state index contributed by atoms with van der Waals surface area (Å²) in [5, 5.41) is 3.44. The summed E-state index contributed by atoms with van der Waals surface area (Å²) >= 11 is 0. The van der Waals surface area contributed by atoms with Crippen molar-refractivity contribution in [3.63, 3.8) is 0 Å². The molecule has 1 saturated carbocycles. The second-order valence-corrected chi connectivity index (χ2v) is 4.90. The number of allylic oxidation sites excluding steroid dienone is 1. The molecule has 2 rings (SSSR count). The molecule has 2 heteroatoms. The van der Waals surface area contributed by atoms with E-state index in [1.165, 1.54) is 31.2 Å². The average molecular weight is 261 g/mol. The van der Waals surface area contributed by atoms with Gasteiger partial charge in [0.2, 0.25) is 0 Å². The lowest BCUT2D eigenvalue weighted by molar-refractivity contribution is 0.303. The lowest BCUT2D eigenvalue weighted by Crippen LogP contribution is -2.14. The van der Waals surface area contributed by atoms with Gasteiger partial charge in [-0.2, -0.15) is 0 Å². The Labute approximate surface area is 117 Å². The Morgan fingerprint density at radius 1 is 1.42 bits per heavy atom. The van der Waals surface area contributed by atoms with Crippen molar-refractivity contribution >= 4 is 0 Å². The Morgan fingerprint density at radius 2 is 2.16 bits per heavy atom. The van der Waals surface area contributed by atoms with Crippen LogP contribution in [0.2, 0.25) is 0 Å². The van der Waals surface area contributed by atoms with E-state index in [2.05, 4.69) is 37.0 Å². The summed E-state index contributed by atoms with van der Waals surface area (Å²) in [6.07, 6.45) is 7.18. The van der Waals surface area contributed by atoms with Crippen LogP contribution in [-0.4, -0.2) is 12.6 Å². The molecule has 0 aromatic heterocycles. The Kier molecular flexibility index (Phi) is 7.99. The van der Waals surface area contributed by atoms with Crippen molar-refractivity contribution in [2.24, 2.45) is 0 Å². The summed E-state index contributed by atoms with van der Waals surface area (Å²) in [4.78, 5) is 0. The van der Waals surface area contributed by atoms with E-state index in [9.17, 15) is 0 Å². The molecule has 0 amide bonds. The molecule has 2 nitrogen and oxygen atoms in total. The maximum Gasteiger partial charge on any atom is 0.120 e. The predicted octanol–water partition coefficient (Wildman–Crippen LogP) is 4.31. The molecule has 106 valence electrons. The molecule has 0 saturated heterocycles. The van der Waals surface area contributed by atoms with Crippen LogP contribution in [0.1, 0.15) is 45.1 Å². The van der Waals surface area contributed by atoms with Crippen molar-refractivity contribution in [2.75, 3.05) is 6.54 Å². The second-order valence-electron chi connectivity index (χ2n) is 4.90. The van der Waals surface area contributed by atoms with Gasteiger partial charge in [-0.15, -0.1) is 6.58 Å². The third-order valence-electron chi connectivity index (χ3n) is 2.76. The summed E-state index contributed by atoms with van der Waals surface area (Å²) in [5.74, 6) is 1.03. The van der Waals surface area contributed by atoms with Crippen molar-refractivity contribution in [1.82, 2.24) is 5.32 Å². The number of hydrogen-bond donors (Lipinski definition) is 1. The van der Waals surface area contributed by atoms with Gasteiger partial charge in [0.15, 0.2) is 0 Å². The lowest BCUT2D eigenvalue weighted by atomic mass is 10.2. The van der Waals surface area contributed by atoms with Crippen LogP contribution in [0.3, 0.4) is 0 Å². The van der Waals surface area contributed by atoms with Crippen molar-refractivity contribution in [3.8, 4) is 5.75 Å². The summed E-state index contributed by atoms with van der Waals surface area (Å²) in [7, 11) is 0. The van der Waals surface area contributed by atoms with E-state index in [1.54, 1.807) is 6.08 Å². The van der Waals surface area contributed by atoms with Gasteiger partial charge in [-0.25, -0.2) is 0 Å². The minimum Gasteiger partial charge on any atom is -0.490 e. The highest BCUT2D eigenvalue weighted by Gasteiger charge is 2.23. The topological polar surface area (TPSA) is 21.3 Å². The first-order valence-electron chi connectivity index (χ1n) is 7.33. The van der Waals surface area contributed by atoms with Crippen LogP contribution in [0.5, 0.6) is 5.75 Å². The number of ether oxygens (including phenoxy) is 1. The zero-order chi connectivity index (χ0) is 13.9. The van der Waals surface area contributed by atoms with Gasteiger partial charge in [-0.3, -0.25) is 0 Å². The molecule has 0 spiro atoms. The fourth-order valence-electron chi connectivity index (χ4n) is 1.64. The van der Waals surface area contributed by atoms with E-state index in [0.717, 1.165) is 18.8 Å². The van der Waals surface area contributed by atoms with Gasteiger partial charge in [0.1, 0.15) is 5.75 Å². The molecule has 1 N–H and O–H groups in total. The Hall–Kier alpha value is -1.28. The van der Waals surface area contributed by atoms with Gasteiger partial charge in [-0.05, 0) is 50.4 Å². The number of unbranched alkanes of at least 4 members (excludes halogenated alkanes) is 1. The van der Waals surface area contributed by atoms with Crippen LogP contribution >= 0.6 is 0 Å². The molecule has 19 heavy (non-hydrogen) atoms. The third-order valence-corrected chi connectivity index (χ3v) is 2.76. The van der Waals surface area contributed by atoms with Crippen LogP contribution in [0.4, 0.5) is 0 Å². The zero-order valence-electron chi connectivity index (χ0n) is 12.3. The quantitative estimate of drug-likeness (QED) is 0.583. The fraction of sp³-hybridized carbons (Fsp3) is 0.529. The van der Waals surface area contributed by atoms with Crippen LogP contribution in [0.15, 0.2) is 36.9 Å². The van der Waals surface area contributed by atoms with E-state index in [4.69, 9.17) is 4.74 Å². The van der Waals surface area contributed by atoms with E-state index in [-0.39, 0.29) is 0 Å². The molecule has 0 radical (unpaired) electrons. The molecule has 0 atom stereocenters. The standard InChI is InChI=1S/C14H21NO.C3H6/c1-2-3-9-15-11-12-5-4-6-14(10-12)16-13-7-8-13;1-3-2/h4-6,10,13,15H,2-3,7-9,11H2,1H3;3H,1H2,2H3. The van der Waals surface area contributed by atoms with Crippen molar-refractivity contribution in [2.45, 2.75) is 52.2 Å². The van der Waals surface area contributed by atoms with Gasteiger partial charge in [-0.1, -0.05) is 31.6 Å². The predicted molar refractivity (Wildman–Crippen MR) is 82.6 cm³/mol. The molecule has 1 aliphatic carbocycles. The number of rotatable bonds is 7. The summed E-state index contributed by atoms with van der Waals surface area (Å²) in [6.45, 7) is 9.51. The average Bonchev–Trinajstić information content (AvgIpc) is 3.20. The first-order valence-corrected chi connectivity index (χ1v) is 7.33. The Morgan fingerprint density at radius 3 is 2.79 bits per heavy atom. The largest absolute Gasteiger partial charge is 0.490 e. The maximum atomic E-state index is 5.77. The summed E-state index contributed by atoms with van der Waals surface area (Å²) < 4.78 is 5.77. The zero-order valence-corrected chi connectivity index (χ0v) is 12.3. The van der Waals surface area contributed by atoms with Crippen molar-refractivity contribution in [1.29, 1.82) is 0 Å². The van der Waals surface area contributed by atoms with E-state index < -0.39 is 0 Å². The van der Waals surface area contributed by atoms with Crippen LogP contribution in [-0.2, 0) is 6.54 Å². The van der Waals surface area contributed by atoms with Crippen molar-refractivity contribution in [3.05, 3.63) is 42.5 Å². The SMILES string of the molecule is C=CC.CCCCNCc1cccc(OC2CC2)c1. The van der Waals surface area contributed by atoms with Gasteiger partial charge in [0, 0.05) is 6.54 Å². The highest BCUT2D eigenvalue weighted by atomic mass is 16.5. The number of hydrogen-bond acceptors (Lipinski definition) is 2. The molecule has 1 aliphatic rings. The molecule has 0 bridgehead atoms. The Bertz CT molecular complexity index is 358. The van der Waals surface area contributed by atoms with Crippen molar-refractivity contribution < 1.29 is 4.74 Å². The van der Waals surface area contributed by atoms with Crippen LogP contribution in [0, 0.1) is 0 Å². The van der Waals surface area contributed by atoms with Gasteiger partial charge in [0.25, 0.3) is 0 Å². The van der Waals surface area contributed by atoms with E-state index in [0.29, 0.717) is 6.10 Å². The highest BCUT2D eigenvalue weighted by molar-refractivity contribution is 5.28. The summed E-state index contributed by atoms with van der Waals surface area (Å²) in [5.41, 5.74) is 1.31. The molecule has 0 heterocycles. The Balaban J connectivity index is 0.000000550. The minimum atomic E-state index is 0.489. The fourth-order valence-corrected chi connectivity index (χ4v) is 1.64. The second kappa shape index (κ2) is 9.62. The first kappa shape index (κ1) is 15.8. The van der Waals surface area contributed by atoms with Gasteiger partial charge in [0.05, 0.1) is 6.10 Å². The first-order chi connectivity index (χ1) is 9.30. The lowest BCUT2D eigenvalue weighted by Gasteiger charge is -2.07. The number of nitrogens with one attached hydrogen (secondary N) is 1. The molecule has 0 aliphatic heterocycles.